The van der Waals surface area contributed by atoms with E-state index in [1.165, 1.54) is 212 Å². The standard InChI is InChI=1S/C54H105NO5/c1-3-5-7-9-11-13-15-17-18-19-24-28-32-36-40-44-48-54(59)60-49-45-41-37-33-29-25-21-20-23-27-31-35-39-43-47-53(58)55-51(50-56)52(57)46-42-38-34-30-26-22-16-14-12-10-8-6-4-2/h18-19,51-52,56-57H,3-17,20-50H2,1-2H3,(H,55,58)/b19-18-. The molecule has 0 aliphatic carbocycles. The zero-order valence-corrected chi connectivity index (χ0v) is 40.5. The zero-order valence-electron chi connectivity index (χ0n) is 40.5. The summed E-state index contributed by atoms with van der Waals surface area (Å²) < 4.78 is 5.47. The molecule has 0 aromatic carbocycles. The van der Waals surface area contributed by atoms with E-state index in [-0.39, 0.29) is 18.5 Å². The van der Waals surface area contributed by atoms with Crippen LogP contribution in [0.5, 0.6) is 0 Å². The Hall–Kier alpha value is -1.40. The van der Waals surface area contributed by atoms with E-state index in [1.807, 2.05) is 0 Å². The van der Waals surface area contributed by atoms with Gasteiger partial charge in [-0.2, -0.15) is 0 Å². The van der Waals surface area contributed by atoms with E-state index in [0.717, 1.165) is 51.4 Å². The highest BCUT2D eigenvalue weighted by Crippen LogP contribution is 2.17. The first kappa shape index (κ1) is 58.6. The lowest BCUT2D eigenvalue weighted by atomic mass is 10.0. The fraction of sp³-hybridized carbons (Fsp3) is 0.926. The molecule has 6 heteroatoms. The minimum Gasteiger partial charge on any atom is -0.466 e. The van der Waals surface area contributed by atoms with Gasteiger partial charge in [-0.15, -0.1) is 0 Å². The van der Waals surface area contributed by atoms with Gasteiger partial charge in [-0.05, 0) is 51.4 Å². The number of aliphatic hydroxyl groups is 2. The number of rotatable bonds is 50. The summed E-state index contributed by atoms with van der Waals surface area (Å²) in [6, 6.07) is -0.548. The van der Waals surface area contributed by atoms with Crippen molar-refractivity contribution < 1.29 is 24.5 Å². The number of carbonyl (C=O) groups excluding carboxylic acids is 2. The first-order valence-corrected chi connectivity index (χ1v) is 26.9. The fourth-order valence-electron chi connectivity index (χ4n) is 8.40. The average molecular weight is 848 g/mol. The first-order chi connectivity index (χ1) is 29.5. The summed E-state index contributed by atoms with van der Waals surface area (Å²) >= 11 is 0. The summed E-state index contributed by atoms with van der Waals surface area (Å²) in [4.78, 5) is 24.5. The van der Waals surface area contributed by atoms with Gasteiger partial charge in [0.1, 0.15) is 0 Å². The topological polar surface area (TPSA) is 95.9 Å². The molecule has 0 bridgehead atoms. The minimum absolute atomic E-state index is 0.00921. The van der Waals surface area contributed by atoms with Crippen molar-refractivity contribution in [2.75, 3.05) is 13.2 Å². The summed E-state index contributed by atoms with van der Waals surface area (Å²) in [6.45, 7) is 4.93. The maximum absolute atomic E-state index is 12.4. The summed E-state index contributed by atoms with van der Waals surface area (Å²) in [5.41, 5.74) is 0. The van der Waals surface area contributed by atoms with Crippen LogP contribution >= 0.6 is 0 Å². The van der Waals surface area contributed by atoms with E-state index < -0.39 is 12.1 Å². The van der Waals surface area contributed by atoms with Crippen molar-refractivity contribution >= 4 is 11.9 Å². The number of allylic oxidation sites excluding steroid dienone is 2. The van der Waals surface area contributed by atoms with Crippen LogP contribution in [0.4, 0.5) is 0 Å². The number of nitrogens with one attached hydrogen (secondary N) is 1. The number of carbonyl (C=O) groups is 2. The molecule has 2 unspecified atom stereocenters. The summed E-state index contributed by atoms with van der Waals surface area (Å²) in [5.74, 6) is -0.0542. The maximum Gasteiger partial charge on any atom is 0.305 e. The average Bonchev–Trinajstić information content (AvgIpc) is 3.25. The van der Waals surface area contributed by atoms with E-state index >= 15 is 0 Å². The molecule has 3 N–H and O–H groups in total. The van der Waals surface area contributed by atoms with Crippen LogP contribution in [0, 0.1) is 0 Å². The van der Waals surface area contributed by atoms with E-state index in [0.29, 0.717) is 25.9 Å². The molecule has 0 rings (SSSR count). The number of ether oxygens (including phenoxy) is 1. The van der Waals surface area contributed by atoms with Crippen LogP contribution in [0.3, 0.4) is 0 Å². The molecule has 0 radical (unpaired) electrons. The molecule has 0 aliphatic rings. The summed E-state index contributed by atoms with van der Waals surface area (Å²) in [5, 5.41) is 23.2. The molecule has 0 saturated carbocycles. The molecule has 0 aromatic heterocycles. The quantitative estimate of drug-likeness (QED) is 0.0322. The van der Waals surface area contributed by atoms with Crippen molar-refractivity contribution in [2.24, 2.45) is 0 Å². The number of esters is 1. The third kappa shape index (κ3) is 46.1. The van der Waals surface area contributed by atoms with Crippen LogP contribution in [-0.4, -0.2) is 47.4 Å². The van der Waals surface area contributed by atoms with E-state index in [4.69, 9.17) is 4.74 Å². The van der Waals surface area contributed by atoms with Crippen molar-refractivity contribution in [2.45, 2.75) is 309 Å². The van der Waals surface area contributed by atoms with Gasteiger partial charge in [0.2, 0.25) is 5.91 Å². The Bertz CT molecular complexity index is 893. The molecule has 356 valence electrons. The summed E-state index contributed by atoms with van der Waals surface area (Å²) in [7, 11) is 0. The predicted octanol–water partition coefficient (Wildman–Crippen LogP) is 16.1. The predicted molar refractivity (Wildman–Crippen MR) is 260 cm³/mol. The van der Waals surface area contributed by atoms with Gasteiger partial charge in [-0.1, -0.05) is 244 Å². The van der Waals surface area contributed by atoms with Crippen molar-refractivity contribution in [3.05, 3.63) is 12.2 Å². The van der Waals surface area contributed by atoms with Gasteiger partial charge in [-0.3, -0.25) is 9.59 Å². The number of hydrogen-bond acceptors (Lipinski definition) is 5. The van der Waals surface area contributed by atoms with Crippen molar-refractivity contribution in [3.63, 3.8) is 0 Å². The number of aliphatic hydroxyl groups excluding tert-OH is 2. The second-order valence-electron chi connectivity index (χ2n) is 18.6. The van der Waals surface area contributed by atoms with Gasteiger partial charge in [0.15, 0.2) is 0 Å². The van der Waals surface area contributed by atoms with Crippen LogP contribution in [0.1, 0.15) is 296 Å². The highest BCUT2D eigenvalue weighted by molar-refractivity contribution is 5.76. The smallest absolute Gasteiger partial charge is 0.305 e. The van der Waals surface area contributed by atoms with E-state index in [9.17, 15) is 19.8 Å². The molecule has 0 saturated heterocycles. The van der Waals surface area contributed by atoms with Crippen LogP contribution in [0.15, 0.2) is 12.2 Å². The van der Waals surface area contributed by atoms with Crippen LogP contribution in [-0.2, 0) is 14.3 Å². The number of hydrogen-bond donors (Lipinski definition) is 3. The molecule has 2 atom stereocenters. The molecule has 60 heavy (non-hydrogen) atoms. The lowest BCUT2D eigenvalue weighted by Crippen LogP contribution is -2.45. The monoisotopic (exact) mass is 848 g/mol. The van der Waals surface area contributed by atoms with Crippen LogP contribution in [0.2, 0.25) is 0 Å². The minimum atomic E-state index is -0.670. The molecule has 0 aliphatic heterocycles. The third-order valence-corrected chi connectivity index (χ3v) is 12.6. The van der Waals surface area contributed by atoms with Crippen LogP contribution in [0.25, 0.3) is 0 Å². The number of amides is 1. The van der Waals surface area contributed by atoms with Crippen molar-refractivity contribution in [1.29, 1.82) is 0 Å². The van der Waals surface area contributed by atoms with Gasteiger partial charge in [0.25, 0.3) is 0 Å². The van der Waals surface area contributed by atoms with E-state index in [1.54, 1.807) is 0 Å². The van der Waals surface area contributed by atoms with Crippen LogP contribution < -0.4 is 5.32 Å². The highest BCUT2D eigenvalue weighted by Gasteiger charge is 2.20. The third-order valence-electron chi connectivity index (χ3n) is 12.6. The Kier molecular flexibility index (Phi) is 49.1. The first-order valence-electron chi connectivity index (χ1n) is 26.9. The fourth-order valence-corrected chi connectivity index (χ4v) is 8.40. The SMILES string of the molecule is CCCCCCCCC/C=C\CCCCCCCC(=O)OCCCCCCCCCCCCCCCCC(=O)NC(CO)C(O)CCCCCCCCCCCCCCC. The zero-order chi connectivity index (χ0) is 43.7. The lowest BCUT2D eigenvalue weighted by Gasteiger charge is -2.22. The van der Waals surface area contributed by atoms with Crippen molar-refractivity contribution in [1.82, 2.24) is 5.32 Å². The summed E-state index contributed by atoms with van der Waals surface area (Å²) in [6.07, 6.45) is 57.5. The normalized spacial score (nSPS) is 12.7. The molecule has 0 spiro atoms. The Morgan fingerprint density at radius 2 is 0.783 bits per heavy atom. The Labute approximate surface area is 374 Å². The molecule has 6 nitrogen and oxygen atoms in total. The largest absolute Gasteiger partial charge is 0.466 e. The van der Waals surface area contributed by atoms with Gasteiger partial charge in [0, 0.05) is 12.8 Å². The van der Waals surface area contributed by atoms with E-state index in [2.05, 4.69) is 31.3 Å². The lowest BCUT2D eigenvalue weighted by molar-refractivity contribution is -0.143. The van der Waals surface area contributed by atoms with Gasteiger partial charge in [0.05, 0.1) is 25.4 Å². The highest BCUT2D eigenvalue weighted by atomic mass is 16.5. The molecular weight excluding hydrogens is 743 g/mol. The Morgan fingerprint density at radius 1 is 0.450 bits per heavy atom. The number of unbranched alkanes of at least 4 members (excludes halogenated alkanes) is 37. The Morgan fingerprint density at radius 3 is 1.18 bits per heavy atom. The second kappa shape index (κ2) is 50.2. The van der Waals surface area contributed by atoms with Gasteiger partial charge >= 0.3 is 5.97 Å². The maximum atomic E-state index is 12.4. The molecule has 0 fully saturated rings. The Balaban J connectivity index is 3.43. The molecular formula is C54H105NO5. The van der Waals surface area contributed by atoms with Gasteiger partial charge < -0.3 is 20.3 Å². The molecule has 0 aromatic rings. The van der Waals surface area contributed by atoms with Gasteiger partial charge in [-0.25, -0.2) is 0 Å². The van der Waals surface area contributed by atoms with Crippen molar-refractivity contribution in [3.8, 4) is 0 Å². The molecule has 1 amide bonds. The second-order valence-corrected chi connectivity index (χ2v) is 18.6. The molecule has 0 heterocycles.